The van der Waals surface area contributed by atoms with E-state index < -0.39 is 10.0 Å². The first-order valence-corrected chi connectivity index (χ1v) is 11.1. The van der Waals surface area contributed by atoms with E-state index in [2.05, 4.69) is 36.0 Å². The Labute approximate surface area is 168 Å². The summed E-state index contributed by atoms with van der Waals surface area (Å²) in [6.45, 7) is 9.78. The number of amides is 1. The van der Waals surface area contributed by atoms with E-state index in [1.54, 1.807) is 20.9 Å². The molecule has 0 bridgehead atoms. The fraction of sp³-hybridized carbons (Fsp3) is 0.476. The molecular weight excluding hydrogens is 374 g/mol. The number of hydrogen-bond donors (Lipinski definition) is 2. The van der Waals surface area contributed by atoms with Gasteiger partial charge in [-0.15, -0.1) is 0 Å². The Balaban J connectivity index is 2.12. The number of sulfonamides is 1. The van der Waals surface area contributed by atoms with Crippen molar-refractivity contribution >= 4 is 15.9 Å². The second-order valence-corrected chi connectivity index (χ2v) is 9.70. The van der Waals surface area contributed by atoms with E-state index >= 15 is 0 Å². The van der Waals surface area contributed by atoms with Gasteiger partial charge in [0.15, 0.2) is 0 Å². The molecule has 0 spiro atoms. The molecule has 0 fully saturated rings. The van der Waals surface area contributed by atoms with Gasteiger partial charge in [-0.05, 0) is 50.3 Å². The molecule has 1 aromatic carbocycles. The standard InChI is InChI=1S/C21H31N3O3S/c1-14(2)11-17-7-9-18(10-8-17)16(5)22-21(25)20-12-19(13-24(20)6)28(26,27)23-15(3)4/h7-10,12-16,23H,11H2,1-6H3,(H,22,25)/t16-/m0/s1. The van der Waals surface area contributed by atoms with Crippen molar-refractivity contribution in [3.63, 3.8) is 0 Å². The molecule has 1 atom stereocenters. The zero-order valence-electron chi connectivity index (χ0n) is 17.5. The zero-order chi connectivity index (χ0) is 21.1. The van der Waals surface area contributed by atoms with E-state index in [-0.39, 0.29) is 22.9 Å². The van der Waals surface area contributed by atoms with Crippen LogP contribution >= 0.6 is 0 Å². The number of nitrogens with one attached hydrogen (secondary N) is 2. The van der Waals surface area contributed by atoms with Gasteiger partial charge in [0.1, 0.15) is 10.6 Å². The molecule has 6 nitrogen and oxygen atoms in total. The molecule has 0 unspecified atom stereocenters. The fourth-order valence-electron chi connectivity index (χ4n) is 3.05. The normalized spacial score (nSPS) is 13.1. The lowest BCUT2D eigenvalue weighted by atomic mass is 10.00. The van der Waals surface area contributed by atoms with E-state index in [4.69, 9.17) is 0 Å². The smallest absolute Gasteiger partial charge is 0.268 e. The highest BCUT2D eigenvalue weighted by Gasteiger charge is 2.22. The van der Waals surface area contributed by atoms with Gasteiger partial charge in [0.25, 0.3) is 5.91 Å². The van der Waals surface area contributed by atoms with Crippen molar-refractivity contribution in [2.24, 2.45) is 13.0 Å². The van der Waals surface area contributed by atoms with Crippen molar-refractivity contribution in [3.05, 3.63) is 53.3 Å². The number of carbonyl (C=O) groups is 1. The summed E-state index contributed by atoms with van der Waals surface area (Å²) in [7, 11) is -1.98. The van der Waals surface area contributed by atoms with Crippen LogP contribution in [0.4, 0.5) is 0 Å². The summed E-state index contributed by atoms with van der Waals surface area (Å²) < 4.78 is 28.7. The van der Waals surface area contributed by atoms with E-state index in [9.17, 15) is 13.2 Å². The first kappa shape index (κ1) is 22.2. The van der Waals surface area contributed by atoms with Gasteiger partial charge in [-0.1, -0.05) is 38.1 Å². The minimum atomic E-state index is -3.64. The molecule has 154 valence electrons. The zero-order valence-corrected chi connectivity index (χ0v) is 18.3. The van der Waals surface area contributed by atoms with Crippen LogP contribution in [-0.4, -0.2) is 24.9 Å². The van der Waals surface area contributed by atoms with Gasteiger partial charge in [-0.3, -0.25) is 4.79 Å². The second-order valence-electron chi connectivity index (χ2n) is 7.98. The molecule has 7 heteroatoms. The Morgan fingerprint density at radius 3 is 2.21 bits per heavy atom. The molecule has 0 saturated heterocycles. The van der Waals surface area contributed by atoms with Crippen LogP contribution < -0.4 is 10.0 Å². The summed E-state index contributed by atoms with van der Waals surface area (Å²) in [4.78, 5) is 12.8. The maximum Gasteiger partial charge on any atom is 0.268 e. The SMILES string of the molecule is CC(C)Cc1ccc([C@H](C)NC(=O)c2cc(S(=O)(=O)NC(C)C)cn2C)cc1. The van der Waals surface area contributed by atoms with Crippen molar-refractivity contribution in [2.75, 3.05) is 0 Å². The molecule has 28 heavy (non-hydrogen) atoms. The van der Waals surface area contributed by atoms with Crippen molar-refractivity contribution < 1.29 is 13.2 Å². The van der Waals surface area contributed by atoms with Gasteiger partial charge >= 0.3 is 0 Å². The molecule has 2 N–H and O–H groups in total. The lowest BCUT2D eigenvalue weighted by Gasteiger charge is -2.15. The van der Waals surface area contributed by atoms with Crippen molar-refractivity contribution in [3.8, 4) is 0 Å². The molecule has 1 aromatic heterocycles. The first-order valence-electron chi connectivity index (χ1n) is 9.58. The molecule has 0 aliphatic heterocycles. The van der Waals surface area contributed by atoms with Crippen LogP contribution in [0.15, 0.2) is 41.4 Å². The van der Waals surface area contributed by atoms with Crippen LogP contribution in [0, 0.1) is 5.92 Å². The maximum absolute atomic E-state index is 12.7. The van der Waals surface area contributed by atoms with Gasteiger partial charge in [-0.2, -0.15) is 0 Å². The van der Waals surface area contributed by atoms with Gasteiger partial charge < -0.3 is 9.88 Å². The lowest BCUT2D eigenvalue weighted by molar-refractivity contribution is 0.0931. The summed E-state index contributed by atoms with van der Waals surface area (Å²) in [6, 6.07) is 9.21. The van der Waals surface area contributed by atoms with Crippen LogP contribution in [0.2, 0.25) is 0 Å². The molecule has 0 aliphatic carbocycles. The van der Waals surface area contributed by atoms with Crippen LogP contribution in [0.25, 0.3) is 0 Å². The monoisotopic (exact) mass is 405 g/mol. The second kappa shape index (κ2) is 8.92. The highest BCUT2D eigenvalue weighted by Crippen LogP contribution is 2.18. The average molecular weight is 406 g/mol. The predicted octanol–water partition coefficient (Wildman–Crippen LogP) is 3.40. The molecule has 2 aromatic rings. The number of hydrogen-bond acceptors (Lipinski definition) is 3. The molecule has 0 saturated carbocycles. The van der Waals surface area contributed by atoms with Crippen molar-refractivity contribution in [1.29, 1.82) is 0 Å². The Kier molecular flexibility index (Phi) is 7.06. The van der Waals surface area contributed by atoms with Crippen LogP contribution in [0.1, 0.15) is 62.3 Å². The van der Waals surface area contributed by atoms with Gasteiger partial charge in [0.05, 0.1) is 6.04 Å². The molecule has 0 radical (unpaired) electrons. The lowest BCUT2D eigenvalue weighted by Crippen LogP contribution is -2.30. The summed E-state index contributed by atoms with van der Waals surface area (Å²) in [5, 5.41) is 2.94. The predicted molar refractivity (Wildman–Crippen MR) is 112 cm³/mol. The van der Waals surface area contributed by atoms with E-state index in [0.29, 0.717) is 11.6 Å². The molecule has 1 amide bonds. The number of aromatic nitrogens is 1. The fourth-order valence-corrected chi connectivity index (χ4v) is 4.37. The summed E-state index contributed by atoms with van der Waals surface area (Å²) in [5.74, 6) is 0.281. The molecular formula is C21H31N3O3S. The van der Waals surface area contributed by atoms with Crippen LogP contribution in [-0.2, 0) is 23.5 Å². The number of benzene rings is 1. The quantitative estimate of drug-likeness (QED) is 0.706. The number of carbonyl (C=O) groups excluding carboxylic acids is 1. The van der Waals surface area contributed by atoms with Gasteiger partial charge in [0.2, 0.25) is 10.0 Å². The highest BCUT2D eigenvalue weighted by atomic mass is 32.2. The maximum atomic E-state index is 12.7. The van der Waals surface area contributed by atoms with Crippen molar-refractivity contribution in [2.45, 2.75) is 58.0 Å². The third-order valence-corrected chi connectivity index (χ3v) is 6.01. The Hall–Kier alpha value is -2.12. The Morgan fingerprint density at radius 1 is 1.07 bits per heavy atom. The topological polar surface area (TPSA) is 80.2 Å². The van der Waals surface area contributed by atoms with Crippen LogP contribution in [0.5, 0.6) is 0 Å². The van der Waals surface area contributed by atoms with Crippen LogP contribution in [0.3, 0.4) is 0 Å². The third kappa shape index (κ3) is 5.69. The van der Waals surface area contributed by atoms with E-state index in [1.165, 1.54) is 22.4 Å². The van der Waals surface area contributed by atoms with Gasteiger partial charge in [-0.25, -0.2) is 13.1 Å². The van der Waals surface area contributed by atoms with Gasteiger partial charge in [0, 0.05) is 19.3 Å². The first-order chi connectivity index (χ1) is 13.0. The largest absolute Gasteiger partial charge is 0.345 e. The summed E-state index contributed by atoms with van der Waals surface area (Å²) in [6.07, 6.45) is 2.47. The Bertz CT molecular complexity index is 913. The molecule has 0 aliphatic rings. The van der Waals surface area contributed by atoms with E-state index in [1.807, 2.05) is 19.1 Å². The minimum Gasteiger partial charge on any atom is -0.345 e. The van der Waals surface area contributed by atoms with E-state index in [0.717, 1.165) is 12.0 Å². The third-order valence-electron chi connectivity index (χ3n) is 4.38. The number of rotatable bonds is 8. The molecule has 2 rings (SSSR count). The van der Waals surface area contributed by atoms with Crippen molar-refractivity contribution in [1.82, 2.24) is 14.6 Å². The summed E-state index contributed by atoms with van der Waals surface area (Å²) in [5.41, 5.74) is 2.57. The Morgan fingerprint density at radius 2 is 1.68 bits per heavy atom. The minimum absolute atomic E-state index is 0.0829. The molecule has 1 heterocycles. The summed E-state index contributed by atoms with van der Waals surface area (Å²) >= 11 is 0. The number of nitrogens with zero attached hydrogens (tertiary/aromatic N) is 1. The highest BCUT2D eigenvalue weighted by molar-refractivity contribution is 7.89. The average Bonchev–Trinajstić information content (AvgIpc) is 2.96. The number of aryl methyl sites for hydroxylation is 1.